The van der Waals surface area contributed by atoms with Crippen molar-refractivity contribution in [2.75, 3.05) is 6.61 Å². The first-order valence-corrected chi connectivity index (χ1v) is 5.10. The van der Waals surface area contributed by atoms with Crippen LogP contribution >= 0.6 is 0 Å². The van der Waals surface area contributed by atoms with E-state index in [-0.39, 0.29) is 6.61 Å². The second-order valence-corrected chi connectivity index (χ2v) is 3.84. The fourth-order valence-corrected chi connectivity index (χ4v) is 1.83. The van der Waals surface area contributed by atoms with Gasteiger partial charge in [0.05, 0.1) is 0 Å². The van der Waals surface area contributed by atoms with Crippen LogP contribution in [0.1, 0.15) is 36.3 Å². The van der Waals surface area contributed by atoms with Gasteiger partial charge in [0.25, 0.3) is 0 Å². The monoisotopic (exact) mass is 176 g/mol. The highest BCUT2D eigenvalue weighted by atomic mass is 16.2. The number of hydrogen-bond acceptors (Lipinski definition) is 1. The van der Waals surface area contributed by atoms with Crippen LogP contribution in [0.2, 0.25) is 0 Å². The van der Waals surface area contributed by atoms with Gasteiger partial charge < -0.3 is 5.11 Å². The van der Waals surface area contributed by atoms with E-state index in [1.165, 1.54) is 30.4 Å². The lowest BCUT2D eigenvalue weighted by molar-refractivity contribution is 0.299. The number of benzene rings is 1. The first-order valence-electron chi connectivity index (χ1n) is 5.10. The lowest BCUT2D eigenvalue weighted by atomic mass is 9.80. The molecular weight excluding hydrogens is 160 g/mol. The molecule has 1 N–H and O–H groups in total. The predicted octanol–water partition coefficient (Wildman–Crippen LogP) is 2.49. The Morgan fingerprint density at radius 3 is 2.31 bits per heavy atom. The molecule has 1 saturated carbocycles. The summed E-state index contributed by atoms with van der Waals surface area (Å²) in [6.07, 6.45) is 4.90. The van der Waals surface area contributed by atoms with Crippen molar-refractivity contribution >= 4 is 0 Å². The summed E-state index contributed by atoms with van der Waals surface area (Å²) in [4.78, 5) is 0. The Hall–Kier alpha value is -0.820. The van der Waals surface area contributed by atoms with E-state index in [9.17, 15) is 0 Å². The van der Waals surface area contributed by atoms with Crippen molar-refractivity contribution < 1.29 is 5.11 Å². The van der Waals surface area contributed by atoms with E-state index in [0.29, 0.717) is 0 Å². The highest BCUT2D eigenvalue weighted by Crippen LogP contribution is 2.36. The summed E-state index contributed by atoms with van der Waals surface area (Å²) < 4.78 is 0. The minimum atomic E-state index is 0.253. The van der Waals surface area contributed by atoms with Crippen LogP contribution in [0.15, 0.2) is 24.3 Å². The minimum Gasteiger partial charge on any atom is -0.396 e. The second kappa shape index (κ2) is 3.93. The van der Waals surface area contributed by atoms with Crippen LogP contribution < -0.4 is 0 Å². The predicted molar refractivity (Wildman–Crippen MR) is 53.8 cm³/mol. The normalized spacial score (nSPS) is 17.0. The maximum atomic E-state index is 8.76. The molecule has 0 atom stereocenters. The van der Waals surface area contributed by atoms with Crippen molar-refractivity contribution in [3.8, 4) is 0 Å². The molecule has 0 aromatic heterocycles. The van der Waals surface area contributed by atoms with Gasteiger partial charge in [0.15, 0.2) is 0 Å². The van der Waals surface area contributed by atoms with Crippen molar-refractivity contribution in [2.24, 2.45) is 0 Å². The number of aliphatic hydroxyl groups is 1. The average Bonchev–Trinajstić information content (AvgIpc) is 2.06. The Kier molecular flexibility index (Phi) is 2.65. The maximum Gasteiger partial charge on any atom is 0.0471 e. The molecule has 0 aliphatic heterocycles. The smallest absolute Gasteiger partial charge is 0.0471 e. The van der Waals surface area contributed by atoms with Gasteiger partial charge in [0.1, 0.15) is 0 Å². The van der Waals surface area contributed by atoms with Gasteiger partial charge in [-0.25, -0.2) is 0 Å². The summed E-state index contributed by atoms with van der Waals surface area (Å²) >= 11 is 0. The highest BCUT2D eigenvalue weighted by Gasteiger charge is 2.18. The Morgan fingerprint density at radius 1 is 1.15 bits per heavy atom. The lowest BCUT2D eigenvalue weighted by Crippen LogP contribution is -2.08. The van der Waals surface area contributed by atoms with Gasteiger partial charge in [-0.1, -0.05) is 30.7 Å². The first kappa shape index (κ1) is 8.76. The van der Waals surface area contributed by atoms with Gasteiger partial charge in [0, 0.05) is 6.61 Å². The fourth-order valence-electron chi connectivity index (χ4n) is 1.83. The van der Waals surface area contributed by atoms with E-state index in [4.69, 9.17) is 5.11 Å². The molecule has 0 amide bonds. The molecule has 1 heteroatoms. The van der Waals surface area contributed by atoms with Gasteiger partial charge in [-0.2, -0.15) is 0 Å². The van der Waals surface area contributed by atoms with E-state index in [2.05, 4.69) is 24.3 Å². The van der Waals surface area contributed by atoms with Crippen LogP contribution in [-0.4, -0.2) is 11.7 Å². The SMILES string of the molecule is OCCc1ccc(C2CCC2)cc1. The third-order valence-corrected chi connectivity index (χ3v) is 2.96. The summed E-state index contributed by atoms with van der Waals surface area (Å²) in [5, 5.41) is 8.76. The molecule has 1 aliphatic rings. The number of rotatable bonds is 3. The first-order chi connectivity index (χ1) is 6.40. The van der Waals surface area contributed by atoms with Crippen LogP contribution in [0.25, 0.3) is 0 Å². The van der Waals surface area contributed by atoms with Crippen LogP contribution in [0.5, 0.6) is 0 Å². The van der Waals surface area contributed by atoms with E-state index in [1.807, 2.05) is 0 Å². The molecule has 1 aliphatic carbocycles. The van der Waals surface area contributed by atoms with E-state index < -0.39 is 0 Å². The Morgan fingerprint density at radius 2 is 1.85 bits per heavy atom. The van der Waals surface area contributed by atoms with E-state index in [0.717, 1.165) is 12.3 Å². The minimum absolute atomic E-state index is 0.253. The molecule has 0 heterocycles. The van der Waals surface area contributed by atoms with Gasteiger partial charge in [0.2, 0.25) is 0 Å². The standard InChI is InChI=1S/C12H16O/c13-9-8-10-4-6-12(7-5-10)11-2-1-3-11/h4-7,11,13H,1-3,8-9H2. The van der Waals surface area contributed by atoms with Crippen molar-refractivity contribution in [2.45, 2.75) is 31.6 Å². The van der Waals surface area contributed by atoms with Gasteiger partial charge in [-0.05, 0) is 36.3 Å². The maximum absolute atomic E-state index is 8.76. The van der Waals surface area contributed by atoms with Crippen LogP contribution in [0, 0.1) is 0 Å². The van der Waals surface area contributed by atoms with E-state index in [1.54, 1.807) is 0 Å². The quantitative estimate of drug-likeness (QED) is 0.750. The molecule has 1 nitrogen and oxygen atoms in total. The van der Waals surface area contributed by atoms with Gasteiger partial charge in [-0.15, -0.1) is 0 Å². The summed E-state index contributed by atoms with van der Waals surface area (Å²) in [6.45, 7) is 0.253. The molecule has 2 rings (SSSR count). The zero-order valence-electron chi connectivity index (χ0n) is 7.87. The molecular formula is C12H16O. The van der Waals surface area contributed by atoms with Crippen molar-refractivity contribution in [1.82, 2.24) is 0 Å². The molecule has 13 heavy (non-hydrogen) atoms. The number of hydrogen-bond donors (Lipinski definition) is 1. The van der Waals surface area contributed by atoms with Gasteiger partial charge >= 0.3 is 0 Å². The van der Waals surface area contributed by atoms with Crippen LogP contribution in [-0.2, 0) is 6.42 Å². The number of aliphatic hydroxyl groups excluding tert-OH is 1. The Labute approximate surface area is 79.4 Å². The Bertz CT molecular complexity index is 259. The second-order valence-electron chi connectivity index (χ2n) is 3.84. The van der Waals surface area contributed by atoms with Crippen molar-refractivity contribution in [3.63, 3.8) is 0 Å². The third-order valence-electron chi connectivity index (χ3n) is 2.96. The zero-order valence-corrected chi connectivity index (χ0v) is 7.87. The molecule has 1 fully saturated rings. The highest BCUT2D eigenvalue weighted by molar-refractivity contribution is 5.26. The molecule has 0 bridgehead atoms. The summed E-state index contributed by atoms with van der Waals surface area (Å²) in [5.41, 5.74) is 2.72. The van der Waals surface area contributed by atoms with E-state index >= 15 is 0 Å². The molecule has 1 aromatic carbocycles. The van der Waals surface area contributed by atoms with Crippen LogP contribution in [0.3, 0.4) is 0 Å². The summed E-state index contributed by atoms with van der Waals surface area (Å²) in [6, 6.07) is 8.72. The van der Waals surface area contributed by atoms with Crippen molar-refractivity contribution in [3.05, 3.63) is 35.4 Å². The average molecular weight is 176 g/mol. The molecule has 0 spiro atoms. The largest absolute Gasteiger partial charge is 0.396 e. The molecule has 0 saturated heterocycles. The fraction of sp³-hybridized carbons (Fsp3) is 0.500. The van der Waals surface area contributed by atoms with Gasteiger partial charge in [-0.3, -0.25) is 0 Å². The molecule has 1 aromatic rings. The Balaban J connectivity index is 2.04. The molecule has 70 valence electrons. The summed E-state index contributed by atoms with van der Waals surface area (Å²) in [5.74, 6) is 0.822. The molecule has 0 unspecified atom stereocenters. The van der Waals surface area contributed by atoms with Crippen molar-refractivity contribution in [1.29, 1.82) is 0 Å². The third kappa shape index (κ3) is 1.92. The zero-order chi connectivity index (χ0) is 9.10. The topological polar surface area (TPSA) is 20.2 Å². The lowest BCUT2D eigenvalue weighted by Gasteiger charge is -2.25. The van der Waals surface area contributed by atoms with Crippen LogP contribution in [0.4, 0.5) is 0 Å². The molecule has 0 radical (unpaired) electrons. The summed E-state index contributed by atoms with van der Waals surface area (Å²) in [7, 11) is 0.